The summed E-state index contributed by atoms with van der Waals surface area (Å²) in [6, 6.07) is 10.0. The van der Waals surface area contributed by atoms with E-state index in [1.54, 1.807) is 36.3 Å². The van der Waals surface area contributed by atoms with Gasteiger partial charge in [-0.2, -0.15) is 0 Å². The topological polar surface area (TPSA) is 75.9 Å². The summed E-state index contributed by atoms with van der Waals surface area (Å²) in [4.78, 5) is 27.3. The number of nitrogens with zero attached hydrogens (tertiary/aromatic N) is 3. The molecule has 0 atom stereocenters. The van der Waals surface area contributed by atoms with Gasteiger partial charge in [0, 0.05) is 42.8 Å². The first-order valence-corrected chi connectivity index (χ1v) is 8.91. The number of nitro groups is 1. The molecule has 7 nitrogen and oxygen atoms in total. The van der Waals surface area contributed by atoms with E-state index in [2.05, 4.69) is 0 Å². The van der Waals surface area contributed by atoms with E-state index in [1.807, 2.05) is 17.9 Å². The number of carbonyl (C=O) groups excluding carboxylic acids is 1. The Morgan fingerprint density at radius 3 is 2.48 bits per heavy atom. The second kappa shape index (κ2) is 7.84. The number of amides is 1. The minimum absolute atomic E-state index is 0.0226. The fraction of sp³-hybridized carbons (Fsp3) is 0.316. The maximum absolute atomic E-state index is 12.8. The Labute approximate surface area is 162 Å². The highest BCUT2D eigenvalue weighted by molar-refractivity contribution is 6.30. The summed E-state index contributed by atoms with van der Waals surface area (Å²) in [6.07, 6.45) is 0. The third kappa shape index (κ3) is 3.98. The first-order chi connectivity index (χ1) is 12.9. The lowest BCUT2D eigenvalue weighted by Gasteiger charge is -2.36. The van der Waals surface area contributed by atoms with Gasteiger partial charge in [0.05, 0.1) is 12.0 Å². The van der Waals surface area contributed by atoms with Crippen LogP contribution in [-0.2, 0) is 0 Å². The molecule has 0 bridgehead atoms. The minimum Gasteiger partial charge on any atom is -0.496 e. The van der Waals surface area contributed by atoms with Crippen LogP contribution >= 0.6 is 11.6 Å². The number of nitro benzene ring substituents is 1. The molecule has 142 valence electrons. The zero-order chi connectivity index (χ0) is 19.6. The van der Waals surface area contributed by atoms with Crippen LogP contribution in [0.4, 0.5) is 11.4 Å². The molecule has 1 aliphatic heterocycles. The number of carbonyl (C=O) groups is 1. The maximum atomic E-state index is 12.8. The van der Waals surface area contributed by atoms with Crippen LogP contribution in [-0.4, -0.2) is 49.0 Å². The van der Waals surface area contributed by atoms with Gasteiger partial charge >= 0.3 is 0 Å². The zero-order valence-electron chi connectivity index (χ0n) is 15.1. The Morgan fingerprint density at radius 2 is 1.85 bits per heavy atom. The second-order valence-electron chi connectivity index (χ2n) is 6.35. The maximum Gasteiger partial charge on any atom is 0.294 e. The monoisotopic (exact) mass is 389 g/mol. The molecule has 27 heavy (non-hydrogen) atoms. The summed E-state index contributed by atoms with van der Waals surface area (Å²) in [7, 11) is 1.58. The molecular weight excluding hydrogens is 370 g/mol. The van der Waals surface area contributed by atoms with Crippen LogP contribution in [0.25, 0.3) is 0 Å². The number of piperazine rings is 1. The highest BCUT2D eigenvalue weighted by atomic mass is 35.5. The first kappa shape index (κ1) is 19.0. The third-order valence-corrected chi connectivity index (χ3v) is 4.93. The molecule has 2 aromatic carbocycles. The van der Waals surface area contributed by atoms with E-state index < -0.39 is 4.92 Å². The van der Waals surface area contributed by atoms with Crippen molar-refractivity contribution < 1.29 is 14.5 Å². The van der Waals surface area contributed by atoms with E-state index in [4.69, 9.17) is 16.3 Å². The van der Waals surface area contributed by atoms with Gasteiger partial charge in [0.2, 0.25) is 0 Å². The quantitative estimate of drug-likeness (QED) is 0.590. The average molecular weight is 390 g/mol. The molecule has 0 unspecified atom stereocenters. The second-order valence-corrected chi connectivity index (χ2v) is 6.79. The van der Waals surface area contributed by atoms with Gasteiger partial charge in [-0.1, -0.05) is 17.7 Å². The van der Waals surface area contributed by atoms with Crippen molar-refractivity contribution >= 4 is 28.9 Å². The van der Waals surface area contributed by atoms with Crippen molar-refractivity contribution in [1.29, 1.82) is 0 Å². The van der Waals surface area contributed by atoms with Crippen LogP contribution in [0.5, 0.6) is 5.75 Å². The number of hydrogen-bond acceptors (Lipinski definition) is 5. The highest BCUT2D eigenvalue weighted by Gasteiger charge is 2.26. The molecule has 2 aromatic rings. The predicted octanol–water partition coefficient (Wildman–Crippen LogP) is 3.53. The Morgan fingerprint density at radius 1 is 1.15 bits per heavy atom. The van der Waals surface area contributed by atoms with E-state index in [1.165, 1.54) is 6.07 Å². The third-order valence-electron chi connectivity index (χ3n) is 4.70. The van der Waals surface area contributed by atoms with E-state index in [0.717, 1.165) is 5.56 Å². The number of methoxy groups -OCH3 is 1. The van der Waals surface area contributed by atoms with Crippen molar-refractivity contribution in [1.82, 2.24) is 4.90 Å². The van der Waals surface area contributed by atoms with E-state index in [9.17, 15) is 14.9 Å². The SMILES string of the molecule is COc1cc(C(=O)N2CCN(c3ccc(Cl)cc3[N+](=O)[O-])CC2)ccc1C. The van der Waals surface area contributed by atoms with Gasteiger partial charge in [0.25, 0.3) is 11.6 Å². The molecule has 1 aliphatic rings. The van der Waals surface area contributed by atoms with Gasteiger partial charge in [-0.25, -0.2) is 0 Å². The summed E-state index contributed by atoms with van der Waals surface area (Å²) < 4.78 is 5.29. The molecule has 0 saturated carbocycles. The number of hydrogen-bond donors (Lipinski definition) is 0. The van der Waals surface area contributed by atoms with Crippen molar-refractivity contribution in [2.75, 3.05) is 38.2 Å². The lowest BCUT2D eigenvalue weighted by atomic mass is 10.1. The van der Waals surface area contributed by atoms with Crippen molar-refractivity contribution in [3.05, 3.63) is 62.7 Å². The van der Waals surface area contributed by atoms with Crippen molar-refractivity contribution in [2.45, 2.75) is 6.92 Å². The number of ether oxygens (including phenoxy) is 1. The number of halogens is 1. The Balaban J connectivity index is 1.72. The van der Waals surface area contributed by atoms with Crippen LogP contribution in [0.3, 0.4) is 0 Å². The van der Waals surface area contributed by atoms with Crippen LogP contribution in [0.1, 0.15) is 15.9 Å². The first-order valence-electron chi connectivity index (χ1n) is 8.53. The molecule has 0 aliphatic carbocycles. The van der Waals surface area contributed by atoms with Crippen LogP contribution < -0.4 is 9.64 Å². The predicted molar refractivity (Wildman–Crippen MR) is 104 cm³/mol. The van der Waals surface area contributed by atoms with Gasteiger partial charge < -0.3 is 14.5 Å². The standard InChI is InChI=1S/C19H20ClN3O4/c1-13-3-4-14(11-18(13)27-2)19(24)22-9-7-21(8-10-22)16-6-5-15(20)12-17(16)23(25)26/h3-6,11-12H,7-10H2,1-2H3. The van der Waals surface area contributed by atoms with Crippen molar-refractivity contribution in [2.24, 2.45) is 0 Å². The molecular formula is C19H20ClN3O4. The summed E-state index contributed by atoms with van der Waals surface area (Å²) in [5, 5.41) is 11.6. The molecule has 1 heterocycles. The summed E-state index contributed by atoms with van der Waals surface area (Å²) in [5.41, 5.74) is 2.04. The molecule has 8 heteroatoms. The zero-order valence-corrected chi connectivity index (χ0v) is 15.9. The number of benzene rings is 2. The van der Waals surface area contributed by atoms with E-state index in [0.29, 0.717) is 48.2 Å². The molecule has 1 amide bonds. The van der Waals surface area contributed by atoms with Gasteiger partial charge in [0.1, 0.15) is 11.4 Å². The van der Waals surface area contributed by atoms with Gasteiger partial charge in [-0.05, 0) is 36.8 Å². The van der Waals surface area contributed by atoms with E-state index in [-0.39, 0.29) is 11.6 Å². The molecule has 0 spiro atoms. The molecule has 1 saturated heterocycles. The summed E-state index contributed by atoms with van der Waals surface area (Å²) >= 11 is 5.88. The Hall–Kier alpha value is -2.80. The van der Waals surface area contributed by atoms with Crippen LogP contribution in [0.15, 0.2) is 36.4 Å². The minimum atomic E-state index is -0.433. The smallest absolute Gasteiger partial charge is 0.294 e. The number of aryl methyl sites for hydroxylation is 1. The fourth-order valence-electron chi connectivity index (χ4n) is 3.20. The van der Waals surface area contributed by atoms with Gasteiger partial charge in [-0.15, -0.1) is 0 Å². The van der Waals surface area contributed by atoms with Gasteiger partial charge in [-0.3, -0.25) is 14.9 Å². The summed E-state index contributed by atoms with van der Waals surface area (Å²) in [6.45, 7) is 3.91. The normalized spacial score (nSPS) is 14.2. The average Bonchev–Trinajstić information content (AvgIpc) is 2.68. The van der Waals surface area contributed by atoms with E-state index >= 15 is 0 Å². The number of anilines is 1. The molecule has 1 fully saturated rings. The lowest BCUT2D eigenvalue weighted by Crippen LogP contribution is -2.49. The van der Waals surface area contributed by atoms with Crippen molar-refractivity contribution in [3.8, 4) is 5.75 Å². The van der Waals surface area contributed by atoms with Crippen molar-refractivity contribution in [3.63, 3.8) is 0 Å². The molecule has 0 radical (unpaired) electrons. The highest BCUT2D eigenvalue weighted by Crippen LogP contribution is 2.32. The molecule has 0 aromatic heterocycles. The number of rotatable bonds is 4. The molecule has 3 rings (SSSR count). The Kier molecular flexibility index (Phi) is 5.51. The summed E-state index contributed by atoms with van der Waals surface area (Å²) in [5.74, 6) is 0.606. The fourth-order valence-corrected chi connectivity index (χ4v) is 3.36. The van der Waals surface area contributed by atoms with Crippen LogP contribution in [0, 0.1) is 17.0 Å². The largest absolute Gasteiger partial charge is 0.496 e. The Bertz CT molecular complexity index is 879. The van der Waals surface area contributed by atoms with Crippen LogP contribution in [0.2, 0.25) is 5.02 Å². The molecule has 0 N–H and O–H groups in total. The van der Waals surface area contributed by atoms with Gasteiger partial charge in [0.15, 0.2) is 0 Å². The lowest BCUT2D eigenvalue weighted by molar-refractivity contribution is -0.384.